The third-order valence-corrected chi connectivity index (χ3v) is 5.11. The zero-order chi connectivity index (χ0) is 20.5. The third kappa shape index (κ3) is 5.82. The topological polar surface area (TPSA) is 77.3 Å². The number of benzene rings is 1. The molecule has 1 atom stereocenters. The van der Waals surface area contributed by atoms with Crippen molar-refractivity contribution in [3.05, 3.63) is 41.7 Å². The predicted octanol–water partition coefficient (Wildman–Crippen LogP) is 3.59. The van der Waals surface area contributed by atoms with Crippen molar-refractivity contribution in [3.63, 3.8) is 0 Å². The van der Waals surface area contributed by atoms with E-state index in [1.807, 2.05) is 30.3 Å². The number of thioether (sulfide) groups is 1. The van der Waals surface area contributed by atoms with Crippen molar-refractivity contribution in [3.8, 4) is 0 Å². The van der Waals surface area contributed by atoms with Crippen molar-refractivity contribution < 1.29 is 14.3 Å². The van der Waals surface area contributed by atoms with E-state index in [-0.39, 0.29) is 12.0 Å². The maximum Gasteiger partial charge on any atom is 0.346 e. The second kappa shape index (κ2) is 10.8. The molecule has 0 saturated carbocycles. The van der Waals surface area contributed by atoms with E-state index in [4.69, 9.17) is 4.74 Å². The molecule has 1 heterocycles. The Labute approximate surface area is 170 Å². The highest BCUT2D eigenvalue weighted by atomic mass is 32.2. The van der Waals surface area contributed by atoms with Crippen LogP contribution in [0, 0.1) is 0 Å². The first-order chi connectivity index (χ1) is 13.5. The van der Waals surface area contributed by atoms with Gasteiger partial charge in [0, 0.05) is 26.3 Å². The molecule has 0 radical (unpaired) electrons. The van der Waals surface area contributed by atoms with Crippen molar-refractivity contribution in [1.82, 2.24) is 19.7 Å². The maximum atomic E-state index is 12.5. The van der Waals surface area contributed by atoms with Gasteiger partial charge in [-0.15, -0.1) is 5.10 Å². The van der Waals surface area contributed by atoms with Crippen LogP contribution in [0.25, 0.3) is 0 Å². The van der Waals surface area contributed by atoms with Gasteiger partial charge in [-0.25, -0.2) is 9.78 Å². The molecule has 1 unspecified atom stereocenters. The van der Waals surface area contributed by atoms with Crippen LogP contribution in [0.2, 0.25) is 0 Å². The average Bonchev–Trinajstić information content (AvgIpc) is 3.09. The molecule has 2 rings (SSSR count). The fourth-order valence-corrected chi connectivity index (χ4v) is 3.63. The zero-order valence-electron chi connectivity index (χ0n) is 16.9. The number of nitrogens with zero attached hydrogens (tertiary/aromatic N) is 4. The van der Waals surface area contributed by atoms with Gasteiger partial charge in [-0.3, -0.25) is 4.79 Å². The van der Waals surface area contributed by atoms with Gasteiger partial charge in [-0.2, -0.15) is 4.68 Å². The quantitative estimate of drug-likeness (QED) is 0.469. The summed E-state index contributed by atoms with van der Waals surface area (Å²) in [5, 5.41) is 4.87. The van der Waals surface area contributed by atoms with Gasteiger partial charge < -0.3 is 9.64 Å². The lowest BCUT2D eigenvalue weighted by Crippen LogP contribution is -2.29. The first-order valence-electron chi connectivity index (χ1n) is 9.49. The highest BCUT2D eigenvalue weighted by Crippen LogP contribution is 2.27. The van der Waals surface area contributed by atoms with Crippen LogP contribution >= 0.6 is 11.8 Å². The molecule has 1 aromatic heterocycles. The van der Waals surface area contributed by atoms with Crippen molar-refractivity contribution >= 4 is 23.8 Å². The summed E-state index contributed by atoms with van der Waals surface area (Å²) in [6.45, 7) is 4.21. The smallest absolute Gasteiger partial charge is 0.346 e. The molecule has 0 N–H and O–H groups in total. The fourth-order valence-electron chi connectivity index (χ4n) is 2.57. The number of amides is 1. The molecule has 0 bridgehead atoms. The molecule has 0 fully saturated rings. The van der Waals surface area contributed by atoms with Gasteiger partial charge >= 0.3 is 12.0 Å². The van der Waals surface area contributed by atoms with Gasteiger partial charge in [0.05, 0.1) is 12.5 Å². The fraction of sp³-hybridized carbons (Fsp3) is 0.500. The van der Waals surface area contributed by atoms with Crippen LogP contribution in [0.3, 0.4) is 0 Å². The van der Waals surface area contributed by atoms with Crippen LogP contribution < -0.4 is 0 Å². The van der Waals surface area contributed by atoms with Gasteiger partial charge in [0.1, 0.15) is 0 Å². The van der Waals surface area contributed by atoms with Gasteiger partial charge in [0.15, 0.2) is 11.0 Å². The van der Waals surface area contributed by atoms with E-state index < -0.39 is 5.92 Å². The van der Waals surface area contributed by atoms with Crippen LogP contribution in [0.4, 0.5) is 4.79 Å². The van der Waals surface area contributed by atoms with E-state index in [0.29, 0.717) is 23.3 Å². The summed E-state index contributed by atoms with van der Waals surface area (Å²) in [5.74, 6) is 0.337. The Hall–Kier alpha value is -2.35. The number of carbonyl (C=O) groups excluding carboxylic acids is 2. The predicted molar refractivity (Wildman–Crippen MR) is 110 cm³/mol. The Kier molecular flexibility index (Phi) is 8.50. The van der Waals surface area contributed by atoms with Crippen LogP contribution in [0.1, 0.15) is 44.0 Å². The normalized spacial score (nSPS) is 11.9. The lowest BCUT2D eigenvalue weighted by molar-refractivity contribution is -0.144. The molecule has 0 aliphatic carbocycles. The number of unbranched alkanes of at least 4 members (excludes halogenated alkanes) is 1. The van der Waals surface area contributed by atoms with Gasteiger partial charge in [0.25, 0.3) is 0 Å². The largest absolute Gasteiger partial charge is 0.465 e. The summed E-state index contributed by atoms with van der Waals surface area (Å²) in [6.07, 6.45) is 2.70. The Bertz CT molecular complexity index is 777. The van der Waals surface area contributed by atoms with E-state index in [1.165, 1.54) is 21.3 Å². The number of hydrogen-bond donors (Lipinski definition) is 0. The number of aryl methyl sites for hydroxylation is 1. The van der Waals surface area contributed by atoms with E-state index >= 15 is 0 Å². The highest BCUT2D eigenvalue weighted by Gasteiger charge is 2.25. The second-order valence-electron chi connectivity index (χ2n) is 6.53. The van der Waals surface area contributed by atoms with Crippen LogP contribution in [-0.4, -0.2) is 58.1 Å². The van der Waals surface area contributed by atoms with E-state index in [9.17, 15) is 9.59 Å². The molecule has 7 nitrogen and oxygen atoms in total. The van der Waals surface area contributed by atoms with Gasteiger partial charge in [-0.1, -0.05) is 55.4 Å². The minimum Gasteiger partial charge on any atom is -0.465 e. The number of carbonyl (C=O) groups is 2. The molecule has 1 amide bonds. The van der Waals surface area contributed by atoms with E-state index in [1.54, 1.807) is 21.0 Å². The minimum atomic E-state index is -0.440. The Morgan fingerprint density at radius 2 is 1.93 bits per heavy atom. The third-order valence-electron chi connectivity index (χ3n) is 4.09. The number of hydrogen-bond acceptors (Lipinski definition) is 6. The SMILES string of the molecule is CCCCc1nc(SCC(C(=O)OCC)c2ccccc2)n(C(=O)N(C)C)n1. The summed E-state index contributed by atoms with van der Waals surface area (Å²) >= 11 is 1.35. The maximum absolute atomic E-state index is 12.5. The number of rotatable bonds is 9. The molecule has 28 heavy (non-hydrogen) atoms. The second-order valence-corrected chi connectivity index (χ2v) is 7.52. The van der Waals surface area contributed by atoms with Crippen molar-refractivity contribution in [1.29, 1.82) is 0 Å². The first kappa shape index (κ1) is 21.9. The minimum absolute atomic E-state index is 0.259. The van der Waals surface area contributed by atoms with Crippen molar-refractivity contribution in [2.75, 3.05) is 26.5 Å². The zero-order valence-corrected chi connectivity index (χ0v) is 17.7. The van der Waals surface area contributed by atoms with E-state index in [0.717, 1.165) is 24.8 Å². The monoisotopic (exact) mass is 404 g/mol. The van der Waals surface area contributed by atoms with E-state index in [2.05, 4.69) is 17.0 Å². The molecule has 0 aliphatic heterocycles. The van der Waals surface area contributed by atoms with Crippen LogP contribution in [0.5, 0.6) is 0 Å². The standard InChI is InChI=1S/C20H28N4O3S/c1-5-7-13-17-21-19(24(22-17)20(26)23(3)4)28-14-16(18(25)27-6-2)15-11-9-8-10-12-15/h8-12,16H,5-7,13-14H2,1-4H3. The van der Waals surface area contributed by atoms with Crippen molar-refractivity contribution in [2.45, 2.75) is 44.2 Å². The summed E-state index contributed by atoms with van der Waals surface area (Å²) in [7, 11) is 3.35. The number of esters is 1. The van der Waals surface area contributed by atoms with Gasteiger partial charge in [0.2, 0.25) is 0 Å². The number of aromatic nitrogens is 3. The molecule has 0 spiro atoms. The molecule has 0 saturated heterocycles. The Balaban J connectivity index is 2.24. The molecule has 2 aromatic rings. The lowest BCUT2D eigenvalue weighted by Gasteiger charge is -2.16. The summed E-state index contributed by atoms with van der Waals surface area (Å²) in [5.41, 5.74) is 0.879. The molecule has 0 aliphatic rings. The first-order valence-corrected chi connectivity index (χ1v) is 10.5. The Morgan fingerprint density at radius 1 is 1.21 bits per heavy atom. The molecular formula is C20H28N4O3S. The lowest BCUT2D eigenvalue weighted by atomic mass is 10.0. The van der Waals surface area contributed by atoms with Gasteiger partial charge in [-0.05, 0) is 18.9 Å². The number of ether oxygens (including phenoxy) is 1. The Morgan fingerprint density at radius 3 is 2.54 bits per heavy atom. The van der Waals surface area contributed by atoms with Crippen molar-refractivity contribution in [2.24, 2.45) is 0 Å². The summed E-state index contributed by atoms with van der Waals surface area (Å²) in [6, 6.07) is 9.26. The van der Waals surface area contributed by atoms with Crippen LogP contribution in [0.15, 0.2) is 35.5 Å². The summed E-state index contributed by atoms with van der Waals surface area (Å²) in [4.78, 5) is 31.0. The van der Waals surface area contributed by atoms with Crippen LogP contribution in [-0.2, 0) is 16.0 Å². The molecule has 1 aromatic carbocycles. The highest BCUT2D eigenvalue weighted by molar-refractivity contribution is 7.99. The molecular weight excluding hydrogens is 376 g/mol. The molecule has 152 valence electrons. The summed E-state index contributed by atoms with van der Waals surface area (Å²) < 4.78 is 6.57. The molecule has 8 heteroatoms. The average molecular weight is 405 g/mol.